The lowest BCUT2D eigenvalue weighted by molar-refractivity contribution is 0.0953. The summed E-state index contributed by atoms with van der Waals surface area (Å²) in [4.78, 5) is 15.9. The average molecular weight is 280 g/mol. The van der Waals surface area contributed by atoms with Crippen LogP contribution < -0.4 is 16.6 Å². The topological polar surface area (TPSA) is 85.0 Å². The van der Waals surface area contributed by atoms with Crippen LogP contribution in [-0.4, -0.2) is 22.0 Å². The van der Waals surface area contributed by atoms with Crippen molar-refractivity contribution in [2.75, 3.05) is 12.0 Å². The maximum Gasteiger partial charge on any atom is 0.253 e. The summed E-state index contributed by atoms with van der Waals surface area (Å²) < 4.78 is 1.88. The molecule has 0 aliphatic rings. The van der Waals surface area contributed by atoms with Gasteiger partial charge in [0.1, 0.15) is 0 Å². The van der Waals surface area contributed by atoms with E-state index in [4.69, 9.17) is 17.4 Å². The molecule has 0 saturated carbocycles. The number of carbonyl (C=O) groups is 1. The summed E-state index contributed by atoms with van der Waals surface area (Å²) in [7, 11) is 0. The van der Waals surface area contributed by atoms with Gasteiger partial charge in [0.15, 0.2) is 0 Å². The number of rotatable bonds is 5. The molecule has 1 heterocycles. The van der Waals surface area contributed by atoms with Gasteiger partial charge in [0.2, 0.25) is 0 Å². The molecule has 7 heteroatoms. The zero-order chi connectivity index (χ0) is 13.7. The number of nitrogens with two attached hydrogens (primary N) is 1. The van der Waals surface area contributed by atoms with Gasteiger partial charge < -0.3 is 15.3 Å². The number of nitrogens with one attached hydrogen (secondary N) is 2. The monoisotopic (exact) mass is 279 g/mol. The van der Waals surface area contributed by atoms with Crippen LogP contribution in [0.1, 0.15) is 10.4 Å². The van der Waals surface area contributed by atoms with Crippen LogP contribution in [0.2, 0.25) is 5.02 Å². The van der Waals surface area contributed by atoms with Gasteiger partial charge in [0.05, 0.1) is 17.6 Å². The van der Waals surface area contributed by atoms with Gasteiger partial charge in [-0.2, -0.15) is 0 Å². The molecule has 0 unspecified atom stereocenters. The van der Waals surface area contributed by atoms with Crippen molar-refractivity contribution in [3.05, 3.63) is 47.5 Å². The van der Waals surface area contributed by atoms with Gasteiger partial charge in [-0.05, 0) is 18.2 Å². The van der Waals surface area contributed by atoms with E-state index in [2.05, 4.69) is 15.7 Å². The normalized spacial score (nSPS) is 10.2. The predicted molar refractivity (Wildman–Crippen MR) is 73.8 cm³/mol. The number of anilines is 1. The standard InChI is InChI=1S/C12H14ClN5O/c13-9-1-2-11(17-14)10(7-9)12(19)16-4-6-18-5-3-15-8-18/h1-3,5,7-8,17H,4,6,14H2,(H,16,19). The first kappa shape index (κ1) is 13.4. The molecule has 0 saturated heterocycles. The van der Waals surface area contributed by atoms with Crippen LogP contribution in [0, 0.1) is 0 Å². The Balaban J connectivity index is 1.97. The molecule has 1 aromatic heterocycles. The fraction of sp³-hybridized carbons (Fsp3) is 0.167. The lowest BCUT2D eigenvalue weighted by Crippen LogP contribution is -2.28. The minimum Gasteiger partial charge on any atom is -0.350 e. The van der Waals surface area contributed by atoms with E-state index < -0.39 is 0 Å². The Morgan fingerprint density at radius 2 is 2.32 bits per heavy atom. The number of benzene rings is 1. The highest BCUT2D eigenvalue weighted by molar-refractivity contribution is 6.31. The quantitative estimate of drug-likeness (QED) is 0.568. The van der Waals surface area contributed by atoms with E-state index in [1.54, 1.807) is 30.7 Å². The van der Waals surface area contributed by atoms with Gasteiger partial charge in [-0.15, -0.1) is 0 Å². The van der Waals surface area contributed by atoms with E-state index in [1.807, 2.05) is 10.8 Å². The van der Waals surface area contributed by atoms with E-state index in [0.29, 0.717) is 29.4 Å². The highest BCUT2D eigenvalue weighted by Gasteiger charge is 2.11. The smallest absolute Gasteiger partial charge is 0.253 e. The van der Waals surface area contributed by atoms with Gasteiger partial charge in [0.25, 0.3) is 5.91 Å². The summed E-state index contributed by atoms with van der Waals surface area (Å²) in [5.41, 5.74) is 3.42. The van der Waals surface area contributed by atoms with Crippen LogP contribution in [0.4, 0.5) is 5.69 Å². The Hall–Kier alpha value is -2.05. The summed E-state index contributed by atoms with van der Waals surface area (Å²) >= 11 is 5.87. The summed E-state index contributed by atoms with van der Waals surface area (Å²) in [5, 5.41) is 3.28. The molecule has 0 atom stereocenters. The van der Waals surface area contributed by atoms with Crippen LogP contribution in [0.5, 0.6) is 0 Å². The maximum atomic E-state index is 12.0. The van der Waals surface area contributed by atoms with E-state index in [9.17, 15) is 4.79 Å². The number of carbonyl (C=O) groups excluding carboxylic acids is 1. The maximum absolute atomic E-state index is 12.0. The van der Waals surface area contributed by atoms with Crippen LogP contribution in [-0.2, 0) is 6.54 Å². The van der Waals surface area contributed by atoms with E-state index in [0.717, 1.165) is 0 Å². The number of amides is 1. The third kappa shape index (κ3) is 3.46. The van der Waals surface area contributed by atoms with Gasteiger partial charge in [-0.25, -0.2) is 4.98 Å². The van der Waals surface area contributed by atoms with Gasteiger partial charge in [0, 0.05) is 30.5 Å². The number of hydrogen-bond acceptors (Lipinski definition) is 4. The number of aromatic nitrogens is 2. The number of nitrogens with zero attached hydrogens (tertiary/aromatic N) is 2. The zero-order valence-corrected chi connectivity index (χ0v) is 10.9. The fourth-order valence-electron chi connectivity index (χ4n) is 1.64. The Bertz CT molecular complexity index is 555. The van der Waals surface area contributed by atoms with Crippen LogP contribution >= 0.6 is 11.6 Å². The zero-order valence-electron chi connectivity index (χ0n) is 10.1. The third-order valence-electron chi connectivity index (χ3n) is 2.60. The molecule has 0 fully saturated rings. The molecule has 2 rings (SSSR count). The molecule has 100 valence electrons. The van der Waals surface area contributed by atoms with E-state index in [1.165, 1.54) is 0 Å². The second-order valence-corrected chi connectivity index (χ2v) is 4.33. The molecule has 0 spiro atoms. The first-order valence-corrected chi connectivity index (χ1v) is 6.08. The van der Waals surface area contributed by atoms with Crippen LogP contribution in [0.15, 0.2) is 36.9 Å². The lowest BCUT2D eigenvalue weighted by atomic mass is 10.1. The molecular formula is C12H14ClN5O. The molecule has 1 amide bonds. The molecule has 0 aliphatic carbocycles. The minimum absolute atomic E-state index is 0.226. The fourth-order valence-corrected chi connectivity index (χ4v) is 1.82. The van der Waals surface area contributed by atoms with Crippen LogP contribution in [0.3, 0.4) is 0 Å². The minimum atomic E-state index is -0.226. The number of halogens is 1. The Morgan fingerprint density at radius 3 is 3.00 bits per heavy atom. The number of nitrogen functional groups attached to an aromatic ring is 1. The van der Waals surface area contributed by atoms with Gasteiger partial charge >= 0.3 is 0 Å². The molecule has 1 aromatic carbocycles. The summed E-state index contributed by atoms with van der Waals surface area (Å²) in [6.45, 7) is 1.14. The van der Waals surface area contributed by atoms with E-state index >= 15 is 0 Å². The average Bonchev–Trinajstić information content (AvgIpc) is 2.91. The molecule has 4 N–H and O–H groups in total. The first-order chi connectivity index (χ1) is 9.20. The van der Waals surface area contributed by atoms with Crippen LogP contribution in [0.25, 0.3) is 0 Å². The van der Waals surface area contributed by atoms with Crippen molar-refractivity contribution < 1.29 is 4.79 Å². The van der Waals surface area contributed by atoms with Crippen molar-refractivity contribution in [2.24, 2.45) is 5.84 Å². The molecule has 2 aromatic rings. The third-order valence-corrected chi connectivity index (χ3v) is 2.83. The number of imidazole rings is 1. The van der Waals surface area contributed by atoms with Gasteiger partial charge in [-0.1, -0.05) is 11.6 Å². The van der Waals surface area contributed by atoms with Crippen molar-refractivity contribution in [2.45, 2.75) is 6.54 Å². The first-order valence-electron chi connectivity index (χ1n) is 5.71. The Labute approximate surface area is 115 Å². The van der Waals surface area contributed by atoms with Crippen molar-refractivity contribution in [1.82, 2.24) is 14.9 Å². The molecule has 19 heavy (non-hydrogen) atoms. The Kier molecular flexibility index (Phi) is 4.38. The molecule has 0 bridgehead atoms. The highest BCUT2D eigenvalue weighted by atomic mass is 35.5. The predicted octanol–water partition coefficient (Wildman–Crippen LogP) is 1.25. The SMILES string of the molecule is NNc1ccc(Cl)cc1C(=O)NCCn1ccnc1. The van der Waals surface area contributed by atoms with Crippen molar-refractivity contribution in [3.63, 3.8) is 0 Å². The lowest BCUT2D eigenvalue weighted by Gasteiger charge is -2.10. The number of hydrogen-bond donors (Lipinski definition) is 3. The molecule has 0 aliphatic heterocycles. The Morgan fingerprint density at radius 1 is 1.47 bits per heavy atom. The van der Waals surface area contributed by atoms with Crippen molar-refractivity contribution in [3.8, 4) is 0 Å². The summed E-state index contributed by atoms with van der Waals surface area (Å²) in [5.74, 6) is 5.13. The molecule has 6 nitrogen and oxygen atoms in total. The highest BCUT2D eigenvalue weighted by Crippen LogP contribution is 2.19. The molecule has 0 radical (unpaired) electrons. The second kappa shape index (κ2) is 6.21. The molecular weight excluding hydrogens is 266 g/mol. The van der Waals surface area contributed by atoms with Crippen molar-refractivity contribution in [1.29, 1.82) is 0 Å². The summed E-state index contributed by atoms with van der Waals surface area (Å²) in [6, 6.07) is 4.90. The van der Waals surface area contributed by atoms with E-state index in [-0.39, 0.29) is 5.91 Å². The number of hydrazine groups is 1. The van der Waals surface area contributed by atoms with Gasteiger partial charge in [-0.3, -0.25) is 10.6 Å². The summed E-state index contributed by atoms with van der Waals surface area (Å²) in [6.07, 6.45) is 5.21. The second-order valence-electron chi connectivity index (χ2n) is 3.89. The largest absolute Gasteiger partial charge is 0.350 e. The van der Waals surface area contributed by atoms with Crippen molar-refractivity contribution >= 4 is 23.2 Å².